The van der Waals surface area contributed by atoms with Crippen molar-refractivity contribution in [3.05, 3.63) is 35.7 Å². The van der Waals surface area contributed by atoms with Crippen LogP contribution in [0.4, 0.5) is 13.2 Å². The summed E-state index contributed by atoms with van der Waals surface area (Å²) in [6.07, 6.45) is 1.39. The van der Waals surface area contributed by atoms with Crippen LogP contribution in [0.5, 0.6) is 0 Å². The molecule has 0 spiro atoms. The van der Waals surface area contributed by atoms with Gasteiger partial charge in [0.1, 0.15) is 0 Å². The van der Waals surface area contributed by atoms with E-state index >= 15 is 0 Å². The lowest BCUT2D eigenvalue weighted by atomic mass is 9.78. The Bertz CT molecular complexity index is 999. The minimum absolute atomic E-state index is 0.0990. The zero-order valence-corrected chi connectivity index (χ0v) is 19.7. The number of amides is 1. The van der Waals surface area contributed by atoms with Crippen LogP contribution in [0.25, 0.3) is 10.8 Å². The molecule has 34 heavy (non-hydrogen) atoms. The standard InChI is InChI=1S/C25H33F3N4O2/c1-15(2)24(34)16-4-7-20(8-5-16)32-13-19(14-32)30-23(33)10-9-22-21-11-18(25(26,27)28)6-3-17(21)12-29-31-22/h3,6,11-12,15-16,19-20,24,34H,4-5,7-10,13-14H2,1-2H3,(H,30,33). The molecule has 1 unspecified atom stereocenters. The average molecular weight is 479 g/mol. The molecule has 1 aliphatic heterocycles. The van der Waals surface area contributed by atoms with Crippen LogP contribution in [0.3, 0.4) is 0 Å². The van der Waals surface area contributed by atoms with E-state index in [9.17, 15) is 23.1 Å². The lowest BCUT2D eigenvalue weighted by molar-refractivity contribution is -0.137. The molecule has 1 saturated heterocycles. The number of aryl methyl sites for hydroxylation is 1. The van der Waals surface area contributed by atoms with Crippen molar-refractivity contribution in [3.63, 3.8) is 0 Å². The molecule has 0 bridgehead atoms. The number of alkyl halides is 3. The number of carbonyl (C=O) groups is 1. The highest BCUT2D eigenvalue weighted by atomic mass is 19.4. The fourth-order valence-corrected chi connectivity index (χ4v) is 5.28. The van der Waals surface area contributed by atoms with Crippen LogP contribution in [0.1, 0.15) is 57.2 Å². The van der Waals surface area contributed by atoms with E-state index in [1.165, 1.54) is 12.3 Å². The van der Waals surface area contributed by atoms with Crippen LogP contribution >= 0.6 is 0 Å². The monoisotopic (exact) mass is 478 g/mol. The van der Waals surface area contributed by atoms with E-state index < -0.39 is 11.7 Å². The summed E-state index contributed by atoms with van der Waals surface area (Å²) in [6.45, 7) is 5.76. The number of aromatic nitrogens is 2. The number of aliphatic hydroxyl groups is 1. The second-order valence-corrected chi connectivity index (χ2v) is 10.1. The van der Waals surface area contributed by atoms with Gasteiger partial charge in [-0.25, -0.2) is 0 Å². The van der Waals surface area contributed by atoms with Gasteiger partial charge in [0.25, 0.3) is 0 Å². The second kappa shape index (κ2) is 10.2. The van der Waals surface area contributed by atoms with Gasteiger partial charge in [-0.1, -0.05) is 19.9 Å². The highest BCUT2D eigenvalue weighted by Crippen LogP contribution is 2.34. The lowest BCUT2D eigenvalue weighted by Gasteiger charge is -2.47. The van der Waals surface area contributed by atoms with Gasteiger partial charge in [-0.15, -0.1) is 0 Å². The maximum Gasteiger partial charge on any atom is 0.416 e. The fourth-order valence-electron chi connectivity index (χ4n) is 5.28. The first-order valence-corrected chi connectivity index (χ1v) is 12.1. The van der Waals surface area contributed by atoms with Crippen molar-refractivity contribution < 1.29 is 23.1 Å². The van der Waals surface area contributed by atoms with Gasteiger partial charge in [0.05, 0.1) is 29.6 Å². The van der Waals surface area contributed by atoms with Crippen LogP contribution in [0.2, 0.25) is 0 Å². The second-order valence-electron chi connectivity index (χ2n) is 10.1. The molecule has 0 radical (unpaired) electrons. The van der Waals surface area contributed by atoms with Gasteiger partial charge in [-0.05, 0) is 49.7 Å². The Balaban J connectivity index is 1.24. The van der Waals surface area contributed by atoms with Gasteiger partial charge in [0, 0.05) is 42.7 Å². The minimum atomic E-state index is -4.43. The molecule has 2 heterocycles. The summed E-state index contributed by atoms with van der Waals surface area (Å²) in [5.74, 6) is 0.549. The largest absolute Gasteiger partial charge is 0.416 e. The molecule has 1 aromatic heterocycles. The van der Waals surface area contributed by atoms with Crippen LogP contribution in [-0.2, 0) is 17.4 Å². The van der Waals surface area contributed by atoms with Crippen molar-refractivity contribution in [1.82, 2.24) is 20.4 Å². The number of halogens is 3. The highest BCUT2D eigenvalue weighted by Gasteiger charge is 2.37. The molecule has 9 heteroatoms. The summed E-state index contributed by atoms with van der Waals surface area (Å²) in [5.41, 5.74) is -0.338. The minimum Gasteiger partial charge on any atom is -0.393 e. The van der Waals surface area contributed by atoms with Gasteiger partial charge >= 0.3 is 6.18 Å². The molecule has 1 aliphatic carbocycles. The van der Waals surface area contributed by atoms with Crippen molar-refractivity contribution in [2.24, 2.45) is 11.8 Å². The van der Waals surface area contributed by atoms with Crippen molar-refractivity contribution in [1.29, 1.82) is 0 Å². The highest BCUT2D eigenvalue weighted by molar-refractivity contribution is 5.85. The van der Waals surface area contributed by atoms with E-state index in [1.54, 1.807) is 0 Å². The van der Waals surface area contributed by atoms with Gasteiger partial charge in [-0.2, -0.15) is 23.4 Å². The number of aliphatic hydroxyl groups excluding tert-OH is 1. The van der Waals surface area contributed by atoms with E-state index in [1.807, 2.05) is 0 Å². The topological polar surface area (TPSA) is 78.4 Å². The van der Waals surface area contributed by atoms with Gasteiger partial charge in [0.2, 0.25) is 5.91 Å². The maximum absolute atomic E-state index is 13.1. The molecule has 2 N–H and O–H groups in total. The van der Waals surface area contributed by atoms with E-state index in [0.717, 1.165) is 50.9 Å². The third-order valence-electron chi connectivity index (χ3n) is 7.35. The number of benzene rings is 1. The van der Waals surface area contributed by atoms with Crippen LogP contribution in [-0.4, -0.2) is 57.4 Å². The summed E-state index contributed by atoms with van der Waals surface area (Å²) in [7, 11) is 0. The number of nitrogens with one attached hydrogen (secondary N) is 1. The van der Waals surface area contributed by atoms with Crippen molar-refractivity contribution in [3.8, 4) is 0 Å². The zero-order chi connectivity index (χ0) is 24.5. The first-order valence-electron chi connectivity index (χ1n) is 12.1. The Morgan fingerprint density at radius 1 is 1.21 bits per heavy atom. The zero-order valence-electron chi connectivity index (χ0n) is 19.7. The number of nitrogens with zero attached hydrogens (tertiary/aromatic N) is 3. The maximum atomic E-state index is 13.1. The Kier molecular flexibility index (Phi) is 7.42. The fraction of sp³-hybridized carbons (Fsp3) is 0.640. The summed E-state index contributed by atoms with van der Waals surface area (Å²) >= 11 is 0. The third kappa shape index (κ3) is 5.68. The molecule has 2 aromatic rings. The first-order chi connectivity index (χ1) is 16.1. The summed E-state index contributed by atoms with van der Waals surface area (Å²) in [6, 6.07) is 4.10. The SMILES string of the molecule is CC(C)C(O)C1CCC(N2CC(NC(=O)CCc3nncc4ccc(C(F)(F)F)cc34)C2)CC1. The summed E-state index contributed by atoms with van der Waals surface area (Å²) in [4.78, 5) is 14.9. The molecule has 2 aliphatic rings. The van der Waals surface area contributed by atoms with E-state index in [4.69, 9.17) is 0 Å². The van der Waals surface area contributed by atoms with Gasteiger partial charge in [-0.3, -0.25) is 9.69 Å². The number of hydrogen-bond donors (Lipinski definition) is 2. The lowest BCUT2D eigenvalue weighted by Crippen LogP contribution is -2.62. The number of rotatable bonds is 7. The molecule has 1 amide bonds. The normalized spacial score (nSPS) is 23.1. The molecule has 4 rings (SSSR count). The quantitative estimate of drug-likeness (QED) is 0.630. The molecular weight excluding hydrogens is 445 g/mol. The molecular formula is C25H33F3N4O2. The van der Waals surface area contributed by atoms with E-state index in [2.05, 4.69) is 34.3 Å². The number of carbonyl (C=O) groups excluding carboxylic acids is 1. The van der Waals surface area contributed by atoms with Crippen molar-refractivity contribution in [2.45, 2.75) is 76.7 Å². The molecule has 1 saturated carbocycles. The van der Waals surface area contributed by atoms with E-state index in [0.29, 0.717) is 28.4 Å². The number of fused-ring (bicyclic) bond motifs is 1. The third-order valence-corrected chi connectivity index (χ3v) is 7.35. The predicted molar refractivity (Wildman–Crippen MR) is 123 cm³/mol. The molecule has 2 fully saturated rings. The molecule has 1 aromatic carbocycles. The van der Waals surface area contributed by atoms with Gasteiger partial charge < -0.3 is 10.4 Å². The number of hydrogen-bond acceptors (Lipinski definition) is 5. The van der Waals surface area contributed by atoms with Crippen LogP contribution < -0.4 is 5.32 Å². The predicted octanol–water partition coefficient (Wildman–Crippen LogP) is 3.96. The average Bonchev–Trinajstić information content (AvgIpc) is 2.78. The Morgan fingerprint density at radius 2 is 1.91 bits per heavy atom. The van der Waals surface area contributed by atoms with Gasteiger partial charge in [0.15, 0.2) is 0 Å². The Hall–Kier alpha value is -2.26. The Labute approximate surface area is 197 Å². The number of likely N-dealkylation sites (tertiary alicyclic amines) is 1. The van der Waals surface area contributed by atoms with Crippen molar-refractivity contribution in [2.75, 3.05) is 13.1 Å². The van der Waals surface area contributed by atoms with Crippen LogP contribution in [0.15, 0.2) is 24.4 Å². The first kappa shape index (κ1) is 24.9. The summed E-state index contributed by atoms with van der Waals surface area (Å²) < 4.78 is 39.3. The Morgan fingerprint density at radius 3 is 2.56 bits per heavy atom. The summed E-state index contributed by atoms with van der Waals surface area (Å²) in [5, 5.41) is 22.2. The van der Waals surface area contributed by atoms with E-state index in [-0.39, 0.29) is 36.8 Å². The molecule has 6 nitrogen and oxygen atoms in total. The molecule has 1 atom stereocenters. The van der Waals surface area contributed by atoms with Crippen LogP contribution in [0, 0.1) is 11.8 Å². The molecule has 186 valence electrons. The van der Waals surface area contributed by atoms with Crippen molar-refractivity contribution >= 4 is 16.7 Å². The smallest absolute Gasteiger partial charge is 0.393 e.